The van der Waals surface area contributed by atoms with Crippen molar-refractivity contribution in [3.05, 3.63) is 4.80 Å². The second-order valence-corrected chi connectivity index (χ2v) is 5.97. The van der Waals surface area contributed by atoms with Crippen molar-refractivity contribution in [3.63, 3.8) is 0 Å². The quantitative estimate of drug-likeness (QED) is 0.793. The van der Waals surface area contributed by atoms with Crippen LogP contribution in [0.1, 0.15) is 13.3 Å². The fourth-order valence-corrected chi connectivity index (χ4v) is 2.80. The highest BCUT2D eigenvalue weighted by Crippen LogP contribution is 2.18. The largest absolute Gasteiger partial charge is 0.451 e. The van der Waals surface area contributed by atoms with Crippen LogP contribution < -0.4 is 4.80 Å². The smallest absolute Gasteiger partial charge is 0.437 e. The monoisotopic (exact) mass is 304 g/mol. The zero-order valence-corrected chi connectivity index (χ0v) is 12.9. The first kappa shape index (κ1) is 15.7. The maximum absolute atomic E-state index is 11.6. The Morgan fingerprint density at radius 3 is 2.74 bits per heavy atom. The fourth-order valence-electron chi connectivity index (χ4n) is 0.971. The lowest BCUT2D eigenvalue weighted by atomic mass is 10.6. The summed E-state index contributed by atoms with van der Waals surface area (Å²) in [5.41, 5.74) is 0. The predicted molar refractivity (Wildman–Crippen MR) is 73.6 cm³/mol. The van der Waals surface area contributed by atoms with Gasteiger partial charge < -0.3 is 9.64 Å². The summed E-state index contributed by atoms with van der Waals surface area (Å²) in [5, 5.41) is 4.09. The molecule has 1 aromatic heterocycles. The van der Waals surface area contributed by atoms with Crippen molar-refractivity contribution in [3.8, 4) is 0 Å². The van der Waals surface area contributed by atoms with Gasteiger partial charge in [-0.2, -0.15) is 4.99 Å². The minimum absolute atomic E-state index is 0.212. The topological polar surface area (TPSA) is 76.8 Å². The minimum Gasteiger partial charge on any atom is -0.451 e. The summed E-state index contributed by atoms with van der Waals surface area (Å²) in [7, 11) is 4.43. The molecule has 0 saturated carbocycles. The number of ether oxygens (including phenoxy) is 1. The van der Waals surface area contributed by atoms with E-state index in [-0.39, 0.29) is 4.80 Å². The number of methoxy groups -OCH3 is 1. The first-order chi connectivity index (χ1) is 8.99. The predicted octanol–water partition coefficient (Wildman–Crippen LogP) is 1.64. The average Bonchev–Trinajstić information content (AvgIpc) is 2.78. The Balaban J connectivity index is 3.16. The number of rotatable bonds is 3. The summed E-state index contributed by atoms with van der Waals surface area (Å²) >= 11 is 2.70. The van der Waals surface area contributed by atoms with Crippen molar-refractivity contribution in [2.24, 2.45) is 4.99 Å². The molecule has 0 saturated heterocycles. The Bertz CT molecular complexity index is 521. The normalized spacial score (nSPS) is 11.5. The van der Waals surface area contributed by atoms with Crippen LogP contribution >= 0.6 is 23.1 Å². The molecule has 0 aromatic carbocycles. The van der Waals surface area contributed by atoms with Crippen LogP contribution in [0.3, 0.4) is 0 Å². The highest BCUT2D eigenvalue weighted by Gasteiger charge is 2.14. The van der Waals surface area contributed by atoms with Crippen LogP contribution in [0.4, 0.5) is 9.59 Å². The second-order valence-electron chi connectivity index (χ2n) is 3.67. The van der Waals surface area contributed by atoms with Gasteiger partial charge in [-0.15, -0.1) is 9.78 Å². The number of urea groups is 1. The van der Waals surface area contributed by atoms with E-state index < -0.39 is 12.1 Å². The van der Waals surface area contributed by atoms with Crippen LogP contribution in [0.25, 0.3) is 0 Å². The molecule has 0 aliphatic rings. The van der Waals surface area contributed by atoms with Crippen molar-refractivity contribution in [1.82, 2.24) is 14.7 Å². The molecule has 0 bridgehead atoms. The standard InChI is InChI=1S/C10H16N4O3S2/c1-5-6-18-9-12-14(10(16)17-4)8(19-9)11-7(15)13(2)3/h5-6H2,1-4H3. The van der Waals surface area contributed by atoms with Gasteiger partial charge in [0.15, 0.2) is 4.34 Å². The number of amides is 2. The molecule has 7 nitrogen and oxygen atoms in total. The molecule has 1 aromatic rings. The minimum atomic E-state index is -0.662. The first-order valence-corrected chi connectivity index (χ1v) is 7.37. The zero-order valence-electron chi connectivity index (χ0n) is 11.2. The number of nitrogens with zero attached hydrogens (tertiary/aromatic N) is 4. The van der Waals surface area contributed by atoms with E-state index in [4.69, 9.17) is 0 Å². The van der Waals surface area contributed by atoms with E-state index in [1.54, 1.807) is 14.1 Å². The van der Waals surface area contributed by atoms with Crippen molar-refractivity contribution >= 4 is 35.2 Å². The van der Waals surface area contributed by atoms with Gasteiger partial charge in [-0.25, -0.2) is 9.59 Å². The third kappa shape index (κ3) is 4.35. The summed E-state index contributed by atoms with van der Waals surface area (Å²) < 4.78 is 6.29. The van der Waals surface area contributed by atoms with Crippen LogP contribution in [-0.2, 0) is 4.74 Å². The summed E-state index contributed by atoms with van der Waals surface area (Å²) in [6, 6.07) is -0.451. The average molecular weight is 304 g/mol. The molecular weight excluding hydrogens is 288 g/mol. The van der Waals surface area contributed by atoms with Crippen LogP contribution in [0.2, 0.25) is 0 Å². The van der Waals surface area contributed by atoms with Crippen molar-refractivity contribution in [2.45, 2.75) is 17.7 Å². The molecule has 0 spiro atoms. The molecule has 0 aliphatic carbocycles. The maximum atomic E-state index is 11.6. The molecule has 0 N–H and O–H groups in total. The van der Waals surface area contributed by atoms with Crippen LogP contribution in [0, 0.1) is 0 Å². The van der Waals surface area contributed by atoms with Gasteiger partial charge in [0.25, 0.3) is 0 Å². The number of hydrogen-bond donors (Lipinski definition) is 0. The van der Waals surface area contributed by atoms with Gasteiger partial charge >= 0.3 is 12.1 Å². The number of hydrogen-bond acceptors (Lipinski definition) is 6. The molecule has 9 heteroatoms. The molecule has 1 rings (SSSR count). The van der Waals surface area contributed by atoms with E-state index in [1.807, 2.05) is 0 Å². The van der Waals surface area contributed by atoms with E-state index in [0.717, 1.165) is 16.9 Å². The lowest BCUT2D eigenvalue weighted by Crippen LogP contribution is -2.28. The van der Waals surface area contributed by atoms with Gasteiger partial charge in [0.2, 0.25) is 4.80 Å². The Hall–Kier alpha value is -1.35. The molecule has 0 atom stereocenters. The van der Waals surface area contributed by atoms with Gasteiger partial charge in [0.1, 0.15) is 0 Å². The van der Waals surface area contributed by atoms with Crippen LogP contribution in [0.15, 0.2) is 9.33 Å². The van der Waals surface area contributed by atoms with E-state index >= 15 is 0 Å². The van der Waals surface area contributed by atoms with Crippen molar-refractivity contribution in [2.75, 3.05) is 27.0 Å². The van der Waals surface area contributed by atoms with Crippen molar-refractivity contribution in [1.29, 1.82) is 0 Å². The maximum Gasteiger partial charge on any atom is 0.437 e. The third-order valence-corrected chi connectivity index (χ3v) is 4.14. The molecule has 2 amide bonds. The molecule has 0 fully saturated rings. The summed E-state index contributed by atoms with van der Waals surface area (Å²) in [6.07, 6.45) is 0.330. The van der Waals surface area contributed by atoms with Crippen LogP contribution in [0.5, 0.6) is 0 Å². The molecule has 0 aliphatic heterocycles. The molecular formula is C10H16N4O3S2. The molecule has 0 unspecified atom stereocenters. The SMILES string of the molecule is CCCSc1nn(C(=O)OC)c(=NC(=O)N(C)C)s1. The Morgan fingerprint density at radius 1 is 1.53 bits per heavy atom. The van der Waals surface area contributed by atoms with E-state index in [1.165, 1.54) is 35.1 Å². The Labute approximate surface area is 119 Å². The lowest BCUT2D eigenvalue weighted by molar-refractivity contribution is 0.167. The molecule has 0 radical (unpaired) electrons. The van der Waals surface area contributed by atoms with Gasteiger partial charge in [0, 0.05) is 19.8 Å². The Kier molecular flexibility index (Phi) is 6.03. The van der Waals surface area contributed by atoms with Gasteiger partial charge in [-0.3, -0.25) is 0 Å². The number of carbonyl (C=O) groups is 2. The number of aromatic nitrogens is 2. The summed E-state index contributed by atoms with van der Waals surface area (Å²) in [4.78, 5) is 28.5. The third-order valence-electron chi connectivity index (χ3n) is 1.89. The summed E-state index contributed by atoms with van der Waals surface area (Å²) in [6.45, 7) is 2.05. The van der Waals surface area contributed by atoms with Crippen LogP contribution in [-0.4, -0.2) is 53.8 Å². The first-order valence-electron chi connectivity index (χ1n) is 5.56. The summed E-state index contributed by atoms with van der Waals surface area (Å²) in [5.74, 6) is 0.885. The number of carbonyl (C=O) groups excluding carboxylic acids is 2. The van der Waals surface area contributed by atoms with Crippen molar-refractivity contribution < 1.29 is 14.3 Å². The molecule has 1 heterocycles. The Morgan fingerprint density at radius 2 is 2.21 bits per heavy atom. The molecule has 106 valence electrons. The van der Waals surface area contributed by atoms with E-state index in [9.17, 15) is 9.59 Å². The lowest BCUT2D eigenvalue weighted by Gasteiger charge is -2.03. The highest BCUT2D eigenvalue weighted by molar-refractivity contribution is 8.00. The van der Waals surface area contributed by atoms with E-state index in [2.05, 4.69) is 21.8 Å². The zero-order chi connectivity index (χ0) is 14.4. The van der Waals surface area contributed by atoms with Gasteiger partial charge in [-0.1, -0.05) is 30.0 Å². The molecule has 19 heavy (non-hydrogen) atoms. The fraction of sp³-hybridized carbons (Fsp3) is 0.600. The van der Waals surface area contributed by atoms with Gasteiger partial charge in [-0.05, 0) is 6.42 Å². The number of thioether (sulfide) groups is 1. The van der Waals surface area contributed by atoms with Gasteiger partial charge in [0.05, 0.1) is 7.11 Å². The van der Waals surface area contributed by atoms with E-state index in [0.29, 0.717) is 4.34 Å². The second kappa shape index (κ2) is 7.29. The highest BCUT2D eigenvalue weighted by atomic mass is 32.2.